The summed E-state index contributed by atoms with van der Waals surface area (Å²) in [6.45, 7) is -0.409. The Morgan fingerprint density at radius 2 is 1.82 bits per heavy atom. The molecule has 1 amide bonds. The molecular weight excluding hydrogens is 539 g/mol. The maximum absolute atomic E-state index is 14.7. The predicted octanol–water partition coefficient (Wildman–Crippen LogP) is 5.10. The first kappa shape index (κ1) is 27.0. The molecule has 1 aliphatic heterocycles. The van der Waals surface area contributed by atoms with Gasteiger partial charge in [-0.2, -0.15) is 13.2 Å². The molecule has 38 heavy (non-hydrogen) atoms. The lowest BCUT2D eigenvalue weighted by Gasteiger charge is -2.38. The molecule has 1 saturated heterocycles. The number of halogens is 6. The van der Waals surface area contributed by atoms with Crippen molar-refractivity contribution in [3.05, 3.63) is 71.6 Å². The highest BCUT2D eigenvalue weighted by molar-refractivity contribution is 6.34. The van der Waals surface area contributed by atoms with Crippen molar-refractivity contribution < 1.29 is 41.4 Å². The number of hydrogen-bond acceptors (Lipinski definition) is 5. The van der Waals surface area contributed by atoms with E-state index in [-0.39, 0.29) is 29.6 Å². The summed E-state index contributed by atoms with van der Waals surface area (Å²) in [6.07, 6.45) is -2.22. The molecule has 3 aromatic heterocycles. The fraction of sp³-hybridized carbons (Fsp3) is 0.250. The van der Waals surface area contributed by atoms with Gasteiger partial charge >= 0.3 is 12.1 Å². The molecule has 1 N–H and O–H groups in total. The minimum absolute atomic E-state index is 0.0889. The number of carboxylic acid groups (broad SMARTS) is 1. The highest BCUT2D eigenvalue weighted by atomic mass is 35.5. The molecule has 0 aliphatic carbocycles. The Balaban J connectivity index is 0.000000426. The van der Waals surface area contributed by atoms with Crippen molar-refractivity contribution in [1.82, 2.24) is 19.3 Å². The minimum Gasteiger partial charge on any atom is -0.475 e. The molecule has 0 radical (unpaired) electrons. The number of hydrogen-bond donors (Lipinski definition) is 1. The Kier molecular flexibility index (Phi) is 7.40. The normalized spacial score (nSPS) is 17.1. The van der Waals surface area contributed by atoms with Crippen LogP contribution >= 0.6 is 11.6 Å². The van der Waals surface area contributed by atoms with Crippen molar-refractivity contribution in [2.75, 3.05) is 13.1 Å². The number of para-hydroxylation sites is 1. The smallest absolute Gasteiger partial charge is 0.475 e. The highest BCUT2D eigenvalue weighted by Gasteiger charge is 2.47. The van der Waals surface area contributed by atoms with Gasteiger partial charge in [0.25, 0.3) is 11.8 Å². The van der Waals surface area contributed by atoms with Crippen LogP contribution in [0.3, 0.4) is 0 Å². The van der Waals surface area contributed by atoms with Crippen LogP contribution in [0.2, 0.25) is 5.02 Å². The quantitative estimate of drug-likeness (QED) is 0.353. The number of pyridine rings is 2. The van der Waals surface area contributed by atoms with Gasteiger partial charge in [-0.3, -0.25) is 4.79 Å². The highest BCUT2D eigenvalue weighted by Crippen LogP contribution is 2.33. The largest absolute Gasteiger partial charge is 0.490 e. The van der Waals surface area contributed by atoms with Gasteiger partial charge in [0.1, 0.15) is 5.56 Å². The van der Waals surface area contributed by atoms with Crippen LogP contribution in [0.25, 0.3) is 16.6 Å². The molecule has 0 saturated carbocycles. The predicted molar refractivity (Wildman–Crippen MR) is 126 cm³/mol. The number of alkyl halides is 5. The number of benzene rings is 1. The maximum Gasteiger partial charge on any atom is 0.490 e. The number of imidazole rings is 1. The van der Waals surface area contributed by atoms with Gasteiger partial charge in [0.05, 0.1) is 17.1 Å². The van der Waals surface area contributed by atoms with Crippen LogP contribution in [0, 0.1) is 0 Å². The zero-order valence-corrected chi connectivity index (χ0v) is 20.0. The summed E-state index contributed by atoms with van der Waals surface area (Å²) in [5, 5.41) is 8.22. The summed E-state index contributed by atoms with van der Waals surface area (Å²) < 4.78 is 68.3. The fourth-order valence-electron chi connectivity index (χ4n) is 3.76. The van der Waals surface area contributed by atoms with Gasteiger partial charge in [-0.05, 0) is 18.2 Å². The zero-order valence-electron chi connectivity index (χ0n) is 19.2. The summed E-state index contributed by atoms with van der Waals surface area (Å²) in [4.78, 5) is 31.9. The number of ether oxygens (including phenoxy) is 1. The Morgan fingerprint density at radius 3 is 2.53 bits per heavy atom. The summed E-state index contributed by atoms with van der Waals surface area (Å²) in [5.41, 5.74) is 1.20. The summed E-state index contributed by atoms with van der Waals surface area (Å²) >= 11 is 6.26. The van der Waals surface area contributed by atoms with Gasteiger partial charge < -0.3 is 19.1 Å². The molecule has 1 aliphatic rings. The monoisotopic (exact) mass is 556 g/mol. The molecule has 4 aromatic rings. The molecule has 1 fully saturated rings. The van der Waals surface area contributed by atoms with Crippen LogP contribution < -0.4 is 4.74 Å². The molecule has 5 rings (SSSR count). The lowest BCUT2D eigenvalue weighted by atomic mass is 10.0. The Hall–Kier alpha value is -4.00. The number of fused-ring (bicyclic) bond motifs is 2. The molecule has 1 aromatic carbocycles. The molecule has 200 valence electrons. The van der Waals surface area contributed by atoms with E-state index in [0.29, 0.717) is 11.2 Å². The van der Waals surface area contributed by atoms with Gasteiger partial charge in [-0.1, -0.05) is 29.8 Å². The van der Waals surface area contributed by atoms with Gasteiger partial charge in [0.2, 0.25) is 5.88 Å². The lowest BCUT2D eigenvalue weighted by Crippen LogP contribution is -2.55. The third-order valence-electron chi connectivity index (χ3n) is 5.66. The van der Waals surface area contributed by atoms with Crippen LogP contribution in [0.1, 0.15) is 16.8 Å². The second-order valence-electron chi connectivity index (χ2n) is 8.21. The van der Waals surface area contributed by atoms with Crippen molar-refractivity contribution in [3.8, 4) is 5.88 Å². The van der Waals surface area contributed by atoms with E-state index in [0.717, 1.165) is 5.39 Å². The third-order valence-corrected chi connectivity index (χ3v) is 5.98. The third kappa shape index (κ3) is 5.77. The van der Waals surface area contributed by atoms with E-state index in [1.54, 1.807) is 47.3 Å². The number of piperidine rings is 1. The number of aliphatic carboxylic acids is 1. The zero-order chi connectivity index (χ0) is 27.7. The van der Waals surface area contributed by atoms with Crippen molar-refractivity contribution in [2.45, 2.75) is 24.6 Å². The van der Waals surface area contributed by atoms with Crippen LogP contribution in [-0.4, -0.2) is 67.5 Å². The molecule has 0 bridgehead atoms. The molecule has 8 nitrogen and oxygen atoms in total. The van der Waals surface area contributed by atoms with Crippen molar-refractivity contribution >= 4 is 40.0 Å². The van der Waals surface area contributed by atoms with E-state index in [1.807, 2.05) is 18.2 Å². The SMILES string of the molecule is O=C(O)C(F)(F)F.O=C(c1c(Cl)ccn2ccnc12)N1CCC(F)(F)[C@@H](Oc2ccc3ccccc3n2)C1. The second kappa shape index (κ2) is 10.4. The van der Waals surface area contributed by atoms with Crippen LogP contribution in [-0.2, 0) is 4.79 Å². The number of carboxylic acids is 1. The topological polar surface area (TPSA) is 97.0 Å². The molecule has 0 unspecified atom stereocenters. The second-order valence-corrected chi connectivity index (χ2v) is 8.62. The number of carbonyl (C=O) groups excluding carboxylic acids is 1. The molecule has 0 spiro atoms. The van der Waals surface area contributed by atoms with E-state index in [9.17, 15) is 26.7 Å². The number of aromatic nitrogens is 3. The van der Waals surface area contributed by atoms with E-state index < -0.39 is 36.5 Å². The van der Waals surface area contributed by atoms with E-state index in [4.69, 9.17) is 26.2 Å². The lowest BCUT2D eigenvalue weighted by molar-refractivity contribution is -0.192. The Morgan fingerprint density at radius 1 is 1.11 bits per heavy atom. The van der Waals surface area contributed by atoms with E-state index in [2.05, 4.69) is 9.97 Å². The maximum atomic E-state index is 14.7. The first-order valence-electron chi connectivity index (χ1n) is 11.0. The number of carbonyl (C=O) groups is 2. The standard InChI is InChI=1S/C22H17ClF2N4O2.C2HF3O2/c23-15-7-10-28-12-9-26-20(28)19(15)21(30)29-11-8-22(24,25)17(13-29)31-18-6-5-14-3-1-2-4-16(14)27-18;3-2(4,5)1(6)7/h1-7,9-10,12,17H,8,11,13H2;(H,6,7)/t17-;/m0./s1. The van der Waals surface area contributed by atoms with Crippen LogP contribution in [0.5, 0.6) is 5.88 Å². The van der Waals surface area contributed by atoms with Crippen molar-refractivity contribution in [2.24, 2.45) is 0 Å². The molecule has 4 heterocycles. The average Bonchev–Trinajstić information content (AvgIpc) is 3.33. The van der Waals surface area contributed by atoms with Gasteiger partial charge in [0.15, 0.2) is 11.8 Å². The van der Waals surface area contributed by atoms with Gasteiger partial charge in [-0.15, -0.1) is 0 Å². The number of rotatable bonds is 3. The molecular formula is C24H18ClF5N4O4. The van der Waals surface area contributed by atoms with Gasteiger partial charge in [0, 0.05) is 43.0 Å². The number of amides is 1. The molecule has 14 heteroatoms. The molecule has 1 atom stereocenters. The van der Waals surface area contributed by atoms with Crippen molar-refractivity contribution in [3.63, 3.8) is 0 Å². The fourth-order valence-corrected chi connectivity index (χ4v) is 3.98. The Bertz CT molecular complexity index is 1490. The first-order valence-corrected chi connectivity index (χ1v) is 11.4. The summed E-state index contributed by atoms with van der Waals surface area (Å²) in [5.74, 6) is -6.23. The minimum atomic E-state index is -5.08. The first-order chi connectivity index (χ1) is 17.9. The van der Waals surface area contributed by atoms with Crippen LogP contribution in [0.15, 0.2) is 61.1 Å². The summed E-state index contributed by atoms with van der Waals surface area (Å²) in [6, 6.07) is 12.2. The summed E-state index contributed by atoms with van der Waals surface area (Å²) in [7, 11) is 0. The van der Waals surface area contributed by atoms with E-state index in [1.165, 1.54) is 4.90 Å². The number of nitrogens with zero attached hydrogens (tertiary/aromatic N) is 4. The number of likely N-dealkylation sites (tertiary alicyclic amines) is 1. The van der Waals surface area contributed by atoms with Crippen LogP contribution in [0.4, 0.5) is 22.0 Å². The Labute approximate surface area is 216 Å². The van der Waals surface area contributed by atoms with E-state index >= 15 is 0 Å². The van der Waals surface area contributed by atoms with Crippen molar-refractivity contribution in [1.29, 1.82) is 0 Å². The van der Waals surface area contributed by atoms with Gasteiger partial charge in [-0.25, -0.2) is 23.5 Å². The average molecular weight is 557 g/mol.